The molecule has 0 spiro atoms. The molecule has 1 heterocycles. The zero-order valence-corrected chi connectivity index (χ0v) is 13.5. The quantitative estimate of drug-likeness (QED) is 0.839. The van der Waals surface area contributed by atoms with Crippen molar-refractivity contribution in [1.29, 1.82) is 0 Å². The number of aromatic nitrogens is 1. The Labute approximate surface area is 123 Å². The highest BCUT2D eigenvalue weighted by Gasteiger charge is 2.13. The number of nitrogens with one attached hydrogen (secondary N) is 1. The van der Waals surface area contributed by atoms with Gasteiger partial charge in [-0.1, -0.05) is 35.5 Å². The van der Waals surface area contributed by atoms with Crippen LogP contribution in [-0.4, -0.2) is 17.8 Å². The van der Waals surface area contributed by atoms with E-state index in [2.05, 4.69) is 47.7 Å². The van der Waals surface area contributed by atoms with E-state index in [-0.39, 0.29) is 0 Å². The second-order valence-corrected chi connectivity index (χ2v) is 6.89. The average molecular weight is 292 g/mol. The van der Waals surface area contributed by atoms with E-state index < -0.39 is 0 Å². The monoisotopic (exact) mass is 292 g/mol. The predicted molar refractivity (Wildman–Crippen MR) is 85.3 cm³/mol. The van der Waals surface area contributed by atoms with Gasteiger partial charge in [0.1, 0.15) is 4.34 Å². The summed E-state index contributed by atoms with van der Waals surface area (Å²) in [4.78, 5) is 4.50. The number of thiazole rings is 1. The minimum Gasteiger partial charge on any atom is -0.312 e. The second kappa shape index (κ2) is 6.55. The van der Waals surface area contributed by atoms with Gasteiger partial charge in [-0.15, -0.1) is 11.3 Å². The molecule has 0 aliphatic rings. The number of rotatable bonds is 5. The van der Waals surface area contributed by atoms with E-state index in [9.17, 15) is 0 Å². The van der Waals surface area contributed by atoms with Crippen LogP contribution >= 0.6 is 23.1 Å². The molecule has 2 rings (SSSR count). The average Bonchev–Trinajstić information content (AvgIpc) is 2.80. The summed E-state index contributed by atoms with van der Waals surface area (Å²) in [5.41, 5.74) is 5.17. The van der Waals surface area contributed by atoms with Crippen LogP contribution in [0.2, 0.25) is 0 Å². The molecular formula is C15H20N2S2. The van der Waals surface area contributed by atoms with Crippen LogP contribution in [0.3, 0.4) is 0 Å². The van der Waals surface area contributed by atoms with E-state index in [1.54, 1.807) is 11.3 Å². The van der Waals surface area contributed by atoms with Crippen LogP contribution in [0.25, 0.3) is 0 Å². The van der Waals surface area contributed by atoms with Crippen molar-refractivity contribution < 1.29 is 0 Å². The van der Waals surface area contributed by atoms with E-state index >= 15 is 0 Å². The highest BCUT2D eigenvalue weighted by molar-refractivity contribution is 8.01. The lowest BCUT2D eigenvalue weighted by Gasteiger charge is -2.18. The maximum absolute atomic E-state index is 4.50. The number of hydrogen-bond donors (Lipinski definition) is 1. The van der Waals surface area contributed by atoms with Crippen molar-refractivity contribution in [2.75, 3.05) is 12.8 Å². The summed E-state index contributed by atoms with van der Waals surface area (Å²) in [6.45, 7) is 6.37. The van der Waals surface area contributed by atoms with Crippen LogP contribution in [0, 0.1) is 20.8 Å². The van der Waals surface area contributed by atoms with Gasteiger partial charge in [-0.2, -0.15) is 0 Å². The third kappa shape index (κ3) is 3.81. The summed E-state index contributed by atoms with van der Waals surface area (Å²) < 4.78 is 1.16. The molecule has 0 amide bonds. The number of nitrogens with zero attached hydrogens (tertiary/aromatic N) is 1. The van der Waals surface area contributed by atoms with Gasteiger partial charge in [0.15, 0.2) is 0 Å². The van der Waals surface area contributed by atoms with E-state index in [4.69, 9.17) is 0 Å². The van der Waals surface area contributed by atoms with Gasteiger partial charge < -0.3 is 5.32 Å². The fraction of sp³-hybridized carbons (Fsp3) is 0.400. The van der Waals surface area contributed by atoms with E-state index in [1.165, 1.54) is 16.7 Å². The molecule has 1 atom stereocenters. The van der Waals surface area contributed by atoms with Gasteiger partial charge in [0.05, 0.1) is 0 Å². The molecule has 1 aromatic heterocycles. The Morgan fingerprint density at radius 2 is 2.11 bits per heavy atom. The SMILES string of the molecule is CNC(CSc1nc(C)cs1)c1cc(C)ccc1C. The number of aryl methyl sites for hydroxylation is 3. The maximum Gasteiger partial charge on any atom is 0.150 e. The Balaban J connectivity index is 2.09. The highest BCUT2D eigenvalue weighted by Crippen LogP contribution is 2.28. The fourth-order valence-electron chi connectivity index (χ4n) is 2.02. The smallest absolute Gasteiger partial charge is 0.150 e. The van der Waals surface area contributed by atoms with Gasteiger partial charge in [-0.3, -0.25) is 0 Å². The van der Waals surface area contributed by atoms with Gasteiger partial charge in [0, 0.05) is 22.9 Å². The summed E-state index contributed by atoms with van der Waals surface area (Å²) in [5.74, 6) is 1.01. The van der Waals surface area contributed by atoms with Gasteiger partial charge >= 0.3 is 0 Å². The van der Waals surface area contributed by atoms with Crippen LogP contribution in [0.5, 0.6) is 0 Å². The zero-order chi connectivity index (χ0) is 13.8. The molecule has 0 aliphatic heterocycles. The van der Waals surface area contributed by atoms with Gasteiger partial charge in [0.2, 0.25) is 0 Å². The molecule has 1 N–H and O–H groups in total. The molecule has 0 aliphatic carbocycles. The summed E-state index contributed by atoms with van der Waals surface area (Å²) in [6, 6.07) is 7.02. The molecule has 0 saturated carbocycles. The third-order valence-electron chi connectivity index (χ3n) is 3.13. The van der Waals surface area contributed by atoms with Gasteiger partial charge in [0.25, 0.3) is 0 Å². The zero-order valence-electron chi connectivity index (χ0n) is 11.9. The maximum atomic E-state index is 4.50. The number of benzene rings is 1. The van der Waals surface area contributed by atoms with Crippen LogP contribution in [-0.2, 0) is 0 Å². The Morgan fingerprint density at radius 3 is 2.74 bits per heavy atom. The van der Waals surface area contributed by atoms with Crippen molar-refractivity contribution in [1.82, 2.24) is 10.3 Å². The largest absolute Gasteiger partial charge is 0.312 e. The summed E-state index contributed by atoms with van der Waals surface area (Å²) in [6.07, 6.45) is 0. The van der Waals surface area contributed by atoms with Crippen molar-refractivity contribution in [2.45, 2.75) is 31.2 Å². The molecule has 19 heavy (non-hydrogen) atoms. The summed E-state index contributed by atoms with van der Waals surface area (Å²) in [5, 5.41) is 5.53. The lowest BCUT2D eigenvalue weighted by atomic mass is 10.0. The number of hydrogen-bond acceptors (Lipinski definition) is 4. The Kier molecular flexibility index (Phi) is 5.02. The molecule has 2 aromatic rings. The standard InChI is InChI=1S/C15H20N2S2/c1-10-5-6-11(2)13(7-10)14(16-4)9-19-15-17-12(3)8-18-15/h5-8,14,16H,9H2,1-4H3. The minimum absolute atomic E-state index is 0.370. The third-order valence-corrected chi connectivity index (χ3v) is 5.36. The van der Waals surface area contributed by atoms with Crippen molar-refractivity contribution in [3.05, 3.63) is 46.0 Å². The van der Waals surface area contributed by atoms with Crippen LogP contribution in [0.1, 0.15) is 28.4 Å². The molecule has 1 aromatic carbocycles. The van der Waals surface area contributed by atoms with Crippen LogP contribution in [0.15, 0.2) is 27.9 Å². The first kappa shape index (κ1) is 14.6. The number of thioether (sulfide) groups is 1. The Hall–Kier alpha value is -0.840. The molecule has 0 bridgehead atoms. The molecule has 2 nitrogen and oxygen atoms in total. The Morgan fingerprint density at radius 1 is 1.32 bits per heavy atom. The first-order valence-corrected chi connectivity index (χ1v) is 8.26. The summed E-state index contributed by atoms with van der Waals surface area (Å²) in [7, 11) is 2.03. The molecule has 4 heteroatoms. The molecule has 0 saturated heterocycles. The second-order valence-electron chi connectivity index (χ2n) is 4.77. The molecular weight excluding hydrogens is 272 g/mol. The van der Waals surface area contributed by atoms with Crippen LogP contribution in [0.4, 0.5) is 0 Å². The van der Waals surface area contributed by atoms with Gasteiger partial charge in [-0.25, -0.2) is 4.98 Å². The lowest BCUT2D eigenvalue weighted by Crippen LogP contribution is -2.19. The van der Waals surface area contributed by atoms with Crippen molar-refractivity contribution >= 4 is 23.1 Å². The first-order valence-electron chi connectivity index (χ1n) is 6.39. The molecule has 0 fully saturated rings. The molecule has 0 radical (unpaired) electrons. The lowest BCUT2D eigenvalue weighted by molar-refractivity contribution is 0.657. The fourth-order valence-corrected chi connectivity index (χ4v) is 4.02. The van der Waals surface area contributed by atoms with E-state index in [0.29, 0.717) is 6.04 Å². The first-order chi connectivity index (χ1) is 9.10. The molecule has 1 unspecified atom stereocenters. The van der Waals surface area contributed by atoms with Crippen molar-refractivity contribution in [3.8, 4) is 0 Å². The van der Waals surface area contributed by atoms with Gasteiger partial charge in [-0.05, 0) is 38.9 Å². The van der Waals surface area contributed by atoms with Crippen LogP contribution < -0.4 is 5.32 Å². The van der Waals surface area contributed by atoms with Crippen molar-refractivity contribution in [3.63, 3.8) is 0 Å². The van der Waals surface area contributed by atoms with E-state index in [1.807, 2.05) is 25.7 Å². The normalized spacial score (nSPS) is 12.6. The minimum atomic E-state index is 0.370. The Bertz CT molecular complexity index is 549. The van der Waals surface area contributed by atoms with E-state index in [0.717, 1.165) is 15.8 Å². The van der Waals surface area contributed by atoms with Crippen molar-refractivity contribution in [2.24, 2.45) is 0 Å². The predicted octanol–water partition coefficient (Wildman–Crippen LogP) is 4.12. The summed E-state index contributed by atoms with van der Waals surface area (Å²) >= 11 is 3.56. The molecule has 102 valence electrons. The topological polar surface area (TPSA) is 24.9 Å². The highest BCUT2D eigenvalue weighted by atomic mass is 32.2.